The second-order valence-electron chi connectivity index (χ2n) is 7.24. The van der Waals surface area contributed by atoms with Gasteiger partial charge in [-0.25, -0.2) is 4.79 Å². The molecule has 2 amide bonds. The van der Waals surface area contributed by atoms with Gasteiger partial charge in [-0.2, -0.15) is 0 Å². The maximum Gasteiger partial charge on any atom is 0.329 e. The molecule has 2 atom stereocenters. The quantitative estimate of drug-likeness (QED) is 0.750. The van der Waals surface area contributed by atoms with Gasteiger partial charge in [0.15, 0.2) is 0 Å². The molecule has 2 aliphatic rings. The number of hydrogen-bond donors (Lipinski definition) is 2. The molecule has 0 spiro atoms. The van der Waals surface area contributed by atoms with E-state index in [4.69, 9.17) is 4.74 Å². The summed E-state index contributed by atoms with van der Waals surface area (Å²) in [7, 11) is 1.71. The largest absolute Gasteiger partial charge is 0.376 e. The molecule has 0 aliphatic carbocycles. The van der Waals surface area contributed by atoms with Crippen LogP contribution in [-0.4, -0.2) is 46.7 Å². The minimum absolute atomic E-state index is 0.214. The normalized spacial score (nSPS) is 23.6. The molecule has 27 heavy (non-hydrogen) atoms. The Hall–Kier alpha value is -2.45. The number of benzene rings is 1. The minimum Gasteiger partial charge on any atom is -0.376 e. The molecule has 3 heterocycles. The van der Waals surface area contributed by atoms with E-state index in [1.54, 1.807) is 11.6 Å². The lowest BCUT2D eigenvalue weighted by Crippen LogP contribution is -2.44. The van der Waals surface area contributed by atoms with Crippen LogP contribution < -0.4 is 16.3 Å². The number of hydrogen-bond acceptors (Lipinski definition) is 5. The van der Waals surface area contributed by atoms with Crippen LogP contribution in [0.4, 0.5) is 0 Å². The lowest BCUT2D eigenvalue weighted by Gasteiger charge is -2.23. The van der Waals surface area contributed by atoms with Gasteiger partial charge >= 0.3 is 5.69 Å². The van der Waals surface area contributed by atoms with Crippen LogP contribution in [0.25, 0.3) is 11.0 Å². The van der Waals surface area contributed by atoms with Gasteiger partial charge in [0.1, 0.15) is 6.04 Å². The van der Waals surface area contributed by atoms with E-state index in [1.165, 1.54) is 4.57 Å². The molecule has 1 aromatic heterocycles. The lowest BCUT2D eigenvalue weighted by molar-refractivity contribution is -0.135. The van der Waals surface area contributed by atoms with Crippen molar-refractivity contribution >= 4 is 22.8 Å². The van der Waals surface area contributed by atoms with Crippen molar-refractivity contribution in [3.05, 3.63) is 34.2 Å². The number of rotatable bonds is 4. The lowest BCUT2D eigenvalue weighted by atomic mass is 10.0. The number of imide groups is 1. The van der Waals surface area contributed by atoms with Gasteiger partial charge in [0, 0.05) is 26.6 Å². The highest BCUT2D eigenvalue weighted by Crippen LogP contribution is 2.24. The topological polar surface area (TPSA) is 94.4 Å². The summed E-state index contributed by atoms with van der Waals surface area (Å²) < 4.78 is 8.82. The first-order chi connectivity index (χ1) is 13.0. The Morgan fingerprint density at radius 2 is 2.07 bits per heavy atom. The van der Waals surface area contributed by atoms with Crippen LogP contribution in [0.1, 0.15) is 30.9 Å². The summed E-state index contributed by atoms with van der Waals surface area (Å²) in [6, 6.07) is 5.26. The smallest absolute Gasteiger partial charge is 0.329 e. The van der Waals surface area contributed by atoms with Crippen LogP contribution in [0, 0.1) is 0 Å². The van der Waals surface area contributed by atoms with Gasteiger partial charge in [-0.1, -0.05) is 6.07 Å². The number of aryl methyl sites for hydroxylation is 2. The Morgan fingerprint density at radius 3 is 2.81 bits per heavy atom. The molecule has 1 unspecified atom stereocenters. The summed E-state index contributed by atoms with van der Waals surface area (Å²) in [6.45, 7) is 2.51. The van der Waals surface area contributed by atoms with Gasteiger partial charge in [-0.15, -0.1) is 0 Å². The van der Waals surface area contributed by atoms with E-state index in [1.807, 2.05) is 18.2 Å². The van der Waals surface area contributed by atoms with Crippen molar-refractivity contribution < 1.29 is 14.3 Å². The van der Waals surface area contributed by atoms with Crippen molar-refractivity contribution in [3.63, 3.8) is 0 Å². The van der Waals surface area contributed by atoms with Gasteiger partial charge in [0.2, 0.25) is 11.8 Å². The number of carbonyl (C=O) groups excluding carboxylic acids is 2. The molecule has 8 heteroatoms. The van der Waals surface area contributed by atoms with Crippen LogP contribution in [-0.2, 0) is 27.8 Å². The van der Waals surface area contributed by atoms with Gasteiger partial charge in [0.25, 0.3) is 0 Å². The number of piperidine rings is 1. The number of amides is 2. The number of imidazole rings is 1. The Morgan fingerprint density at radius 1 is 1.22 bits per heavy atom. The first-order valence-electron chi connectivity index (χ1n) is 9.40. The molecule has 1 aromatic carbocycles. The zero-order chi connectivity index (χ0) is 19.0. The highest BCUT2D eigenvalue weighted by molar-refractivity contribution is 6.00. The van der Waals surface area contributed by atoms with Crippen LogP contribution in [0.5, 0.6) is 0 Å². The summed E-state index contributed by atoms with van der Waals surface area (Å²) in [5.41, 5.74) is 2.41. The van der Waals surface area contributed by atoms with E-state index in [9.17, 15) is 14.4 Å². The molecular formula is C19H24N4O4. The van der Waals surface area contributed by atoms with E-state index >= 15 is 0 Å². The third-order valence-corrected chi connectivity index (χ3v) is 5.43. The van der Waals surface area contributed by atoms with E-state index < -0.39 is 11.9 Å². The molecule has 2 N–H and O–H groups in total. The molecule has 0 saturated carbocycles. The fourth-order valence-electron chi connectivity index (χ4n) is 3.93. The molecule has 0 radical (unpaired) electrons. The predicted octanol–water partition coefficient (Wildman–Crippen LogP) is 0.239. The monoisotopic (exact) mass is 372 g/mol. The van der Waals surface area contributed by atoms with E-state index in [0.717, 1.165) is 49.1 Å². The molecule has 2 aromatic rings. The molecule has 2 aliphatic heterocycles. The van der Waals surface area contributed by atoms with Crippen molar-refractivity contribution in [2.24, 2.45) is 7.05 Å². The summed E-state index contributed by atoms with van der Waals surface area (Å²) >= 11 is 0. The average molecular weight is 372 g/mol. The fraction of sp³-hybridized carbons (Fsp3) is 0.526. The first kappa shape index (κ1) is 17.9. The highest BCUT2D eigenvalue weighted by atomic mass is 16.5. The second kappa shape index (κ2) is 7.28. The van der Waals surface area contributed by atoms with Gasteiger partial charge in [0.05, 0.1) is 23.7 Å². The van der Waals surface area contributed by atoms with E-state index in [2.05, 4.69) is 10.6 Å². The van der Waals surface area contributed by atoms with Crippen molar-refractivity contribution in [1.82, 2.24) is 19.8 Å². The zero-order valence-electron chi connectivity index (χ0n) is 15.4. The molecule has 8 nitrogen and oxygen atoms in total. The first-order valence-corrected chi connectivity index (χ1v) is 9.40. The van der Waals surface area contributed by atoms with Crippen molar-refractivity contribution in [3.8, 4) is 0 Å². The number of aromatic nitrogens is 2. The Bertz CT molecular complexity index is 939. The SMILES string of the molecule is Cn1c(=O)n(C2CCC(=O)NC2=O)c2ccc(CC[C@@H]3CNCCO3)cc21. The fourth-order valence-corrected chi connectivity index (χ4v) is 3.93. The van der Waals surface area contributed by atoms with Crippen molar-refractivity contribution in [1.29, 1.82) is 0 Å². The van der Waals surface area contributed by atoms with Crippen LogP contribution in [0.3, 0.4) is 0 Å². The van der Waals surface area contributed by atoms with E-state index in [-0.39, 0.29) is 24.1 Å². The van der Waals surface area contributed by atoms with Crippen molar-refractivity contribution in [2.75, 3.05) is 19.7 Å². The molecular weight excluding hydrogens is 348 g/mol. The second-order valence-corrected chi connectivity index (χ2v) is 7.24. The number of morpholine rings is 1. The molecule has 2 fully saturated rings. The molecule has 4 rings (SSSR count). The summed E-state index contributed by atoms with van der Waals surface area (Å²) in [5, 5.41) is 5.66. The maximum absolute atomic E-state index is 12.8. The third-order valence-electron chi connectivity index (χ3n) is 5.43. The number of nitrogens with zero attached hydrogens (tertiary/aromatic N) is 2. The number of fused-ring (bicyclic) bond motifs is 1. The van der Waals surface area contributed by atoms with Gasteiger partial charge in [-0.05, 0) is 37.0 Å². The number of carbonyl (C=O) groups is 2. The van der Waals surface area contributed by atoms with Crippen LogP contribution in [0.15, 0.2) is 23.0 Å². The standard InChI is InChI=1S/C19H24N4O4/c1-22-16-10-12(2-4-13-11-20-8-9-27-13)3-5-14(16)23(19(22)26)15-6-7-17(24)21-18(15)25/h3,5,10,13,15,20H,2,4,6-9,11H2,1H3,(H,21,24,25)/t13-,15?/m1/s1. The molecule has 0 bridgehead atoms. The summed E-state index contributed by atoms with van der Waals surface area (Å²) in [4.78, 5) is 36.4. The zero-order valence-corrected chi connectivity index (χ0v) is 15.4. The van der Waals surface area contributed by atoms with Crippen molar-refractivity contribution in [2.45, 2.75) is 37.8 Å². The Labute approximate surface area is 156 Å². The number of nitrogens with one attached hydrogen (secondary N) is 2. The predicted molar refractivity (Wildman–Crippen MR) is 99.5 cm³/mol. The Kier molecular flexibility index (Phi) is 4.84. The highest BCUT2D eigenvalue weighted by Gasteiger charge is 2.31. The molecule has 2 saturated heterocycles. The van der Waals surface area contributed by atoms with E-state index in [0.29, 0.717) is 6.42 Å². The van der Waals surface area contributed by atoms with Gasteiger partial charge < -0.3 is 10.1 Å². The summed E-state index contributed by atoms with van der Waals surface area (Å²) in [6.07, 6.45) is 2.58. The van der Waals surface area contributed by atoms with Gasteiger partial charge in [-0.3, -0.25) is 24.0 Å². The maximum atomic E-state index is 12.8. The Balaban J connectivity index is 1.61. The van der Waals surface area contributed by atoms with Crippen LogP contribution in [0.2, 0.25) is 0 Å². The van der Waals surface area contributed by atoms with Crippen LogP contribution >= 0.6 is 0 Å². The summed E-state index contributed by atoms with van der Waals surface area (Å²) in [5.74, 6) is -0.696. The minimum atomic E-state index is -0.647. The molecule has 144 valence electrons. The number of ether oxygens (including phenoxy) is 1. The third kappa shape index (κ3) is 3.42. The average Bonchev–Trinajstić information content (AvgIpc) is 2.92.